The number of furan rings is 1. The van der Waals surface area contributed by atoms with E-state index in [1.807, 2.05) is 18.2 Å². The van der Waals surface area contributed by atoms with E-state index in [1.165, 1.54) is 0 Å². The van der Waals surface area contributed by atoms with Crippen LogP contribution in [0.5, 0.6) is 0 Å². The van der Waals surface area contributed by atoms with Gasteiger partial charge in [-0.25, -0.2) is 0 Å². The third kappa shape index (κ3) is 2.26. The van der Waals surface area contributed by atoms with Gasteiger partial charge in [-0.1, -0.05) is 12.1 Å². The summed E-state index contributed by atoms with van der Waals surface area (Å²) in [4.78, 5) is 14.7. The number of halogens is 1. The molecule has 2 aromatic rings. The molecule has 0 spiro atoms. The van der Waals surface area contributed by atoms with Crippen molar-refractivity contribution in [2.75, 3.05) is 17.2 Å². The van der Waals surface area contributed by atoms with E-state index in [0.29, 0.717) is 27.5 Å². The van der Waals surface area contributed by atoms with Gasteiger partial charge in [-0.05, 0) is 40.2 Å². The fraction of sp³-hybridized carbons (Fsp3) is 0.154. The first kappa shape index (κ1) is 12.6. The van der Waals surface area contributed by atoms with E-state index >= 15 is 0 Å². The highest BCUT2D eigenvalue weighted by atomic mass is 79.9. The molecule has 0 saturated carbocycles. The molecule has 0 fully saturated rings. The standard InChI is InChI=1S/C13H10BrNO3S/c14-12-6-5-10(18-12)13(16)15-7-8-19(17)11-4-2-1-3-9(11)15/h1-6H,7-8H2. The molecule has 0 radical (unpaired) electrons. The van der Waals surface area contributed by atoms with Gasteiger partial charge < -0.3 is 9.32 Å². The molecular weight excluding hydrogens is 330 g/mol. The molecule has 1 aliphatic heterocycles. The number of fused-ring (bicyclic) bond motifs is 1. The lowest BCUT2D eigenvalue weighted by molar-refractivity contribution is 0.0959. The van der Waals surface area contributed by atoms with Gasteiger partial charge in [0.25, 0.3) is 5.91 Å². The van der Waals surface area contributed by atoms with Crippen LogP contribution in [-0.4, -0.2) is 22.4 Å². The van der Waals surface area contributed by atoms with Crippen molar-refractivity contribution in [3.63, 3.8) is 0 Å². The molecule has 0 bridgehead atoms. The summed E-state index contributed by atoms with van der Waals surface area (Å²) in [7, 11) is -1.04. The van der Waals surface area contributed by atoms with E-state index in [4.69, 9.17) is 4.42 Å². The van der Waals surface area contributed by atoms with Gasteiger partial charge in [-0.15, -0.1) is 0 Å². The number of benzene rings is 1. The van der Waals surface area contributed by atoms with Crippen molar-refractivity contribution >= 4 is 38.3 Å². The number of carbonyl (C=O) groups excluding carboxylic acids is 1. The van der Waals surface area contributed by atoms with E-state index in [1.54, 1.807) is 23.1 Å². The highest BCUT2D eigenvalue weighted by molar-refractivity contribution is 9.10. The Morgan fingerprint density at radius 3 is 2.79 bits per heavy atom. The van der Waals surface area contributed by atoms with Gasteiger partial charge in [-0.2, -0.15) is 0 Å². The smallest absolute Gasteiger partial charge is 0.294 e. The summed E-state index contributed by atoms with van der Waals surface area (Å²) in [6.45, 7) is 0.431. The Morgan fingerprint density at radius 2 is 2.05 bits per heavy atom. The average Bonchev–Trinajstić information content (AvgIpc) is 2.86. The summed E-state index contributed by atoms with van der Waals surface area (Å²) in [6, 6.07) is 10.6. The fourth-order valence-electron chi connectivity index (χ4n) is 2.05. The zero-order chi connectivity index (χ0) is 13.4. The Bertz CT molecular complexity index is 667. The van der Waals surface area contributed by atoms with Crippen LogP contribution in [0.15, 0.2) is 50.4 Å². The molecule has 4 nitrogen and oxygen atoms in total. The van der Waals surface area contributed by atoms with Crippen LogP contribution in [0.25, 0.3) is 0 Å². The van der Waals surface area contributed by atoms with Gasteiger partial charge in [0.15, 0.2) is 10.4 Å². The number of nitrogens with zero attached hydrogens (tertiary/aromatic N) is 1. The molecule has 1 aromatic carbocycles. The van der Waals surface area contributed by atoms with Crippen LogP contribution in [-0.2, 0) is 10.8 Å². The second kappa shape index (κ2) is 4.94. The number of carbonyl (C=O) groups is 1. The average molecular weight is 340 g/mol. The normalized spacial score (nSPS) is 18.2. The first-order chi connectivity index (χ1) is 9.16. The highest BCUT2D eigenvalue weighted by Gasteiger charge is 2.28. The number of amides is 1. The van der Waals surface area contributed by atoms with E-state index in [-0.39, 0.29) is 11.7 Å². The minimum atomic E-state index is -1.04. The van der Waals surface area contributed by atoms with Crippen molar-refractivity contribution in [3.8, 4) is 0 Å². The third-order valence-corrected chi connectivity index (χ3v) is 4.75. The fourth-order valence-corrected chi connectivity index (χ4v) is 3.57. The van der Waals surface area contributed by atoms with Gasteiger partial charge in [0.2, 0.25) is 0 Å². The zero-order valence-electron chi connectivity index (χ0n) is 9.84. The summed E-state index contributed by atoms with van der Waals surface area (Å²) in [5, 5.41) is 0. The Kier molecular flexibility index (Phi) is 3.28. The SMILES string of the molecule is O=C(c1ccc(Br)o1)N1CCS(=O)c2ccccc21. The molecular formula is C13H10BrNO3S. The molecule has 1 unspecified atom stereocenters. The third-order valence-electron chi connectivity index (χ3n) is 2.93. The van der Waals surface area contributed by atoms with Gasteiger partial charge in [0, 0.05) is 12.3 Å². The largest absolute Gasteiger partial charge is 0.444 e. The molecule has 1 atom stereocenters. The van der Waals surface area contributed by atoms with Gasteiger partial charge in [-0.3, -0.25) is 9.00 Å². The predicted molar refractivity (Wildman–Crippen MR) is 75.8 cm³/mol. The predicted octanol–water partition coefficient (Wildman–Crippen LogP) is 2.81. The van der Waals surface area contributed by atoms with Crippen LogP contribution in [0.4, 0.5) is 5.69 Å². The number of hydrogen-bond donors (Lipinski definition) is 0. The first-order valence-electron chi connectivity index (χ1n) is 5.71. The van der Waals surface area contributed by atoms with Crippen molar-refractivity contribution in [1.82, 2.24) is 0 Å². The van der Waals surface area contributed by atoms with E-state index < -0.39 is 10.8 Å². The maximum Gasteiger partial charge on any atom is 0.294 e. The molecule has 98 valence electrons. The summed E-state index contributed by atoms with van der Waals surface area (Å²) in [5.41, 5.74) is 0.699. The monoisotopic (exact) mass is 339 g/mol. The minimum absolute atomic E-state index is 0.213. The summed E-state index contributed by atoms with van der Waals surface area (Å²) < 4.78 is 17.7. The van der Waals surface area contributed by atoms with Gasteiger partial charge in [0.05, 0.1) is 21.4 Å². The Balaban J connectivity index is 2.01. The zero-order valence-corrected chi connectivity index (χ0v) is 12.2. The molecule has 0 aliphatic carbocycles. The summed E-state index contributed by atoms with van der Waals surface area (Å²) in [6.07, 6.45) is 0. The summed E-state index contributed by atoms with van der Waals surface area (Å²) in [5.74, 6) is 0.508. The lowest BCUT2D eigenvalue weighted by atomic mass is 10.2. The number of rotatable bonds is 1. The van der Waals surface area contributed by atoms with Gasteiger partial charge in [0.1, 0.15) is 0 Å². The van der Waals surface area contributed by atoms with E-state index in [9.17, 15) is 9.00 Å². The van der Waals surface area contributed by atoms with Crippen molar-refractivity contribution in [3.05, 3.63) is 46.8 Å². The van der Waals surface area contributed by atoms with Crippen molar-refractivity contribution < 1.29 is 13.4 Å². The summed E-state index contributed by atoms with van der Waals surface area (Å²) >= 11 is 3.18. The highest BCUT2D eigenvalue weighted by Crippen LogP contribution is 2.29. The van der Waals surface area contributed by atoms with Crippen LogP contribution in [0.1, 0.15) is 10.6 Å². The van der Waals surface area contributed by atoms with Crippen molar-refractivity contribution in [2.24, 2.45) is 0 Å². The molecule has 1 aromatic heterocycles. The Labute approximate surface area is 121 Å². The first-order valence-corrected chi connectivity index (χ1v) is 7.82. The van der Waals surface area contributed by atoms with Crippen LogP contribution in [0.2, 0.25) is 0 Å². The van der Waals surface area contributed by atoms with Crippen LogP contribution in [0, 0.1) is 0 Å². The number of anilines is 1. The molecule has 6 heteroatoms. The lowest BCUT2D eigenvalue weighted by Crippen LogP contribution is -2.38. The van der Waals surface area contributed by atoms with Gasteiger partial charge >= 0.3 is 0 Å². The molecule has 19 heavy (non-hydrogen) atoms. The molecule has 1 amide bonds. The molecule has 3 rings (SSSR count). The maximum atomic E-state index is 12.4. The topological polar surface area (TPSA) is 50.5 Å². The maximum absolute atomic E-state index is 12.4. The van der Waals surface area contributed by atoms with Crippen LogP contribution in [0.3, 0.4) is 0 Å². The second-order valence-corrected chi connectivity index (χ2v) is 6.40. The van der Waals surface area contributed by atoms with Crippen molar-refractivity contribution in [2.45, 2.75) is 4.90 Å². The van der Waals surface area contributed by atoms with Crippen LogP contribution < -0.4 is 4.90 Å². The Hall–Kier alpha value is -1.40. The molecule has 1 aliphatic rings. The second-order valence-electron chi connectivity index (χ2n) is 4.08. The molecule has 2 heterocycles. The minimum Gasteiger partial charge on any atom is -0.444 e. The van der Waals surface area contributed by atoms with E-state index in [0.717, 1.165) is 0 Å². The quantitative estimate of drug-likeness (QED) is 0.802. The lowest BCUT2D eigenvalue weighted by Gasteiger charge is -2.28. The van der Waals surface area contributed by atoms with Crippen LogP contribution >= 0.6 is 15.9 Å². The van der Waals surface area contributed by atoms with E-state index in [2.05, 4.69) is 15.9 Å². The van der Waals surface area contributed by atoms with Crippen molar-refractivity contribution in [1.29, 1.82) is 0 Å². The number of para-hydroxylation sites is 1. The molecule has 0 N–H and O–H groups in total. The Morgan fingerprint density at radius 1 is 1.26 bits per heavy atom. The number of hydrogen-bond acceptors (Lipinski definition) is 3. The molecule has 0 saturated heterocycles.